The number of benzene rings is 2. The van der Waals surface area contributed by atoms with Gasteiger partial charge in [-0.25, -0.2) is 9.48 Å². The predicted octanol–water partition coefficient (Wildman–Crippen LogP) is 5.35. The summed E-state index contributed by atoms with van der Waals surface area (Å²) in [4.78, 5) is 12.6. The van der Waals surface area contributed by atoms with Crippen molar-refractivity contribution >= 4 is 17.6 Å². The molecule has 0 atom stereocenters. The predicted molar refractivity (Wildman–Crippen MR) is 103 cm³/mol. The monoisotopic (exact) mass is 368 g/mol. The average molecular weight is 369 g/mol. The van der Waals surface area contributed by atoms with Crippen LogP contribution in [0, 0.1) is 6.92 Å². The first-order valence-corrected chi connectivity index (χ1v) is 8.78. The van der Waals surface area contributed by atoms with E-state index in [2.05, 4.69) is 25.9 Å². The lowest BCUT2D eigenvalue weighted by Crippen LogP contribution is -2.13. The fraction of sp³-hybridized carbons (Fsp3) is 0.238. The quantitative estimate of drug-likeness (QED) is 0.585. The number of esters is 1. The number of nitrogens with zero attached hydrogens (tertiary/aromatic N) is 2. The Kier molecular flexibility index (Phi) is 4.88. The summed E-state index contributed by atoms with van der Waals surface area (Å²) in [6.45, 7) is 8.20. The molecule has 0 aliphatic heterocycles. The van der Waals surface area contributed by atoms with Crippen molar-refractivity contribution in [1.82, 2.24) is 9.78 Å². The number of hydrogen-bond acceptors (Lipinski definition) is 3. The van der Waals surface area contributed by atoms with Gasteiger partial charge in [0.05, 0.1) is 22.0 Å². The molecule has 134 valence electrons. The van der Waals surface area contributed by atoms with E-state index in [0.29, 0.717) is 16.5 Å². The second kappa shape index (κ2) is 6.96. The Bertz CT molecular complexity index is 955. The van der Waals surface area contributed by atoms with Crippen LogP contribution in [-0.4, -0.2) is 15.7 Å². The van der Waals surface area contributed by atoms with Crippen molar-refractivity contribution in [3.05, 3.63) is 76.4 Å². The molecule has 0 bridgehead atoms. The molecule has 0 spiro atoms. The maximum Gasteiger partial charge on any atom is 0.346 e. The van der Waals surface area contributed by atoms with Gasteiger partial charge in [-0.15, -0.1) is 0 Å². The molecule has 3 aromatic rings. The minimum atomic E-state index is -0.509. The van der Waals surface area contributed by atoms with Crippen LogP contribution in [0.1, 0.15) is 42.4 Å². The third-order valence-electron chi connectivity index (χ3n) is 3.98. The molecule has 0 N–H and O–H groups in total. The molecular formula is C21H21ClN2O2. The van der Waals surface area contributed by atoms with E-state index in [-0.39, 0.29) is 5.41 Å². The minimum absolute atomic E-state index is 0.180. The second-order valence-corrected chi connectivity index (χ2v) is 7.65. The molecular weight excluding hydrogens is 348 g/mol. The Morgan fingerprint density at radius 1 is 1.08 bits per heavy atom. The zero-order valence-electron chi connectivity index (χ0n) is 15.3. The van der Waals surface area contributed by atoms with Gasteiger partial charge in [-0.3, -0.25) is 0 Å². The fourth-order valence-electron chi connectivity index (χ4n) is 2.52. The topological polar surface area (TPSA) is 44.1 Å². The van der Waals surface area contributed by atoms with Crippen molar-refractivity contribution < 1.29 is 9.53 Å². The van der Waals surface area contributed by atoms with Gasteiger partial charge in [-0.1, -0.05) is 56.6 Å². The number of hydrogen-bond donors (Lipinski definition) is 0. The number of ether oxygens (including phenoxy) is 1. The van der Waals surface area contributed by atoms with Crippen LogP contribution < -0.4 is 4.74 Å². The van der Waals surface area contributed by atoms with Gasteiger partial charge >= 0.3 is 5.97 Å². The summed E-state index contributed by atoms with van der Waals surface area (Å²) in [5.74, 6) is -0.143. The molecule has 4 nitrogen and oxygen atoms in total. The molecule has 0 aliphatic rings. The molecule has 0 fully saturated rings. The van der Waals surface area contributed by atoms with Gasteiger partial charge in [0.15, 0.2) is 0 Å². The van der Waals surface area contributed by atoms with E-state index in [0.717, 1.165) is 16.9 Å². The zero-order chi connectivity index (χ0) is 18.9. The molecule has 26 heavy (non-hydrogen) atoms. The minimum Gasteiger partial charge on any atom is -0.404 e. The molecule has 0 unspecified atom stereocenters. The van der Waals surface area contributed by atoms with E-state index < -0.39 is 5.97 Å². The molecule has 0 aliphatic carbocycles. The van der Waals surface area contributed by atoms with Gasteiger partial charge in [0, 0.05) is 11.5 Å². The fourth-order valence-corrected chi connectivity index (χ4v) is 2.74. The maximum atomic E-state index is 12.6. The Hall–Kier alpha value is -2.59. The number of aromatic nitrogens is 2. The summed E-state index contributed by atoms with van der Waals surface area (Å²) in [5, 5.41) is 5.03. The van der Waals surface area contributed by atoms with Crippen molar-refractivity contribution in [2.24, 2.45) is 0 Å². The van der Waals surface area contributed by atoms with E-state index in [4.69, 9.17) is 16.3 Å². The van der Waals surface area contributed by atoms with Gasteiger partial charge in [-0.05, 0) is 36.8 Å². The van der Waals surface area contributed by atoms with E-state index in [1.54, 1.807) is 35.0 Å². The summed E-state index contributed by atoms with van der Waals surface area (Å²) in [7, 11) is 0. The molecule has 0 saturated heterocycles. The lowest BCUT2D eigenvalue weighted by atomic mass is 9.93. The largest absolute Gasteiger partial charge is 0.404 e. The Morgan fingerprint density at radius 2 is 1.81 bits per heavy atom. The van der Waals surface area contributed by atoms with Crippen LogP contribution in [0.5, 0.6) is 5.88 Å². The van der Waals surface area contributed by atoms with Gasteiger partial charge in [0.1, 0.15) is 0 Å². The van der Waals surface area contributed by atoms with Crippen LogP contribution in [0.3, 0.4) is 0 Å². The molecule has 2 aromatic carbocycles. The summed E-state index contributed by atoms with van der Waals surface area (Å²) in [6.07, 6.45) is 0. The summed E-state index contributed by atoms with van der Waals surface area (Å²) in [6, 6.07) is 16.5. The number of rotatable bonds is 3. The smallest absolute Gasteiger partial charge is 0.346 e. The normalized spacial score (nSPS) is 11.4. The van der Waals surface area contributed by atoms with Crippen molar-refractivity contribution in [2.75, 3.05) is 0 Å². The standard InChI is InChI=1S/C21H21ClN2O2/c1-14-8-7-9-15(12-14)24-19(13-18(23-24)21(2,3)4)26-20(25)16-10-5-6-11-17(16)22/h5-13H,1-4H3. The Balaban J connectivity index is 2.04. The van der Waals surface area contributed by atoms with Crippen LogP contribution in [0.15, 0.2) is 54.6 Å². The first-order valence-electron chi connectivity index (χ1n) is 8.40. The first-order chi connectivity index (χ1) is 12.3. The van der Waals surface area contributed by atoms with Gasteiger partial charge in [0.2, 0.25) is 5.88 Å². The second-order valence-electron chi connectivity index (χ2n) is 7.24. The molecule has 5 heteroatoms. The van der Waals surface area contributed by atoms with E-state index in [1.165, 1.54) is 0 Å². The van der Waals surface area contributed by atoms with Gasteiger partial charge in [-0.2, -0.15) is 5.10 Å². The van der Waals surface area contributed by atoms with Crippen molar-refractivity contribution in [3.8, 4) is 11.6 Å². The van der Waals surface area contributed by atoms with Crippen LogP contribution in [0.25, 0.3) is 5.69 Å². The van der Waals surface area contributed by atoms with Crippen molar-refractivity contribution in [2.45, 2.75) is 33.1 Å². The van der Waals surface area contributed by atoms with Crippen molar-refractivity contribution in [3.63, 3.8) is 0 Å². The highest BCUT2D eigenvalue weighted by atomic mass is 35.5. The van der Waals surface area contributed by atoms with Crippen LogP contribution >= 0.6 is 11.6 Å². The lowest BCUT2D eigenvalue weighted by molar-refractivity contribution is 0.0723. The number of halogens is 1. The number of aryl methyl sites for hydroxylation is 1. The molecule has 0 amide bonds. The maximum absolute atomic E-state index is 12.6. The highest BCUT2D eigenvalue weighted by molar-refractivity contribution is 6.33. The summed E-state index contributed by atoms with van der Waals surface area (Å²) in [5.41, 5.74) is 2.91. The van der Waals surface area contributed by atoms with Crippen LogP contribution in [0.2, 0.25) is 5.02 Å². The molecule has 3 rings (SSSR count). The van der Waals surface area contributed by atoms with E-state index in [9.17, 15) is 4.79 Å². The highest BCUT2D eigenvalue weighted by Gasteiger charge is 2.23. The van der Waals surface area contributed by atoms with Crippen LogP contribution in [-0.2, 0) is 5.41 Å². The number of carbonyl (C=O) groups is 1. The highest BCUT2D eigenvalue weighted by Crippen LogP contribution is 2.29. The van der Waals surface area contributed by atoms with Crippen molar-refractivity contribution in [1.29, 1.82) is 0 Å². The Morgan fingerprint density at radius 3 is 2.46 bits per heavy atom. The zero-order valence-corrected chi connectivity index (χ0v) is 16.0. The summed E-state index contributed by atoms with van der Waals surface area (Å²) < 4.78 is 7.31. The Labute approximate surface area is 158 Å². The molecule has 1 heterocycles. The molecule has 1 aromatic heterocycles. The third kappa shape index (κ3) is 3.81. The SMILES string of the molecule is Cc1cccc(-n2nc(C(C)(C)C)cc2OC(=O)c2ccccc2Cl)c1. The lowest BCUT2D eigenvalue weighted by Gasteiger charge is -2.14. The van der Waals surface area contributed by atoms with Gasteiger partial charge < -0.3 is 4.74 Å². The average Bonchev–Trinajstić information content (AvgIpc) is 2.99. The summed E-state index contributed by atoms with van der Waals surface area (Å²) >= 11 is 6.12. The van der Waals surface area contributed by atoms with E-state index in [1.807, 2.05) is 31.2 Å². The van der Waals surface area contributed by atoms with E-state index >= 15 is 0 Å². The number of carbonyl (C=O) groups excluding carboxylic acids is 1. The third-order valence-corrected chi connectivity index (χ3v) is 4.31. The molecule has 0 radical (unpaired) electrons. The van der Waals surface area contributed by atoms with Gasteiger partial charge in [0.25, 0.3) is 0 Å². The van der Waals surface area contributed by atoms with Crippen LogP contribution in [0.4, 0.5) is 0 Å². The molecule has 0 saturated carbocycles. The first kappa shape index (κ1) is 18.2.